The van der Waals surface area contributed by atoms with Gasteiger partial charge in [-0.15, -0.1) is 0 Å². The van der Waals surface area contributed by atoms with E-state index in [0.29, 0.717) is 17.4 Å². The number of phenolic OH excluding ortho intramolecular Hbond substituents is 1. The van der Waals surface area contributed by atoms with Gasteiger partial charge in [-0.3, -0.25) is 0 Å². The lowest BCUT2D eigenvalue weighted by molar-refractivity contribution is 0.477. The first-order chi connectivity index (χ1) is 11.5. The topological polar surface area (TPSA) is 49.2 Å². The van der Waals surface area contributed by atoms with Crippen molar-refractivity contribution in [2.24, 2.45) is 0 Å². The maximum atomic E-state index is 10.2. The van der Waals surface area contributed by atoms with Crippen LogP contribution < -0.4 is 4.90 Å². The molecule has 124 valence electrons. The van der Waals surface area contributed by atoms with E-state index in [0.717, 1.165) is 28.8 Å². The van der Waals surface area contributed by atoms with Crippen molar-refractivity contribution < 1.29 is 5.11 Å². The van der Waals surface area contributed by atoms with E-state index in [9.17, 15) is 5.11 Å². The summed E-state index contributed by atoms with van der Waals surface area (Å²) < 4.78 is 0. The molecular weight excluding hydrogens is 298 g/mol. The maximum absolute atomic E-state index is 10.2. The highest BCUT2D eigenvalue weighted by atomic mass is 16.3. The van der Waals surface area contributed by atoms with Gasteiger partial charge in [0, 0.05) is 18.0 Å². The van der Waals surface area contributed by atoms with Crippen LogP contribution in [0.2, 0.25) is 0 Å². The van der Waals surface area contributed by atoms with Gasteiger partial charge in [-0.25, -0.2) is 9.97 Å². The molecule has 4 nitrogen and oxygen atoms in total. The Morgan fingerprint density at radius 3 is 2.50 bits per heavy atom. The Morgan fingerprint density at radius 2 is 1.83 bits per heavy atom. The molecule has 0 radical (unpaired) electrons. The zero-order valence-electron chi connectivity index (χ0n) is 14.6. The number of aromatic nitrogens is 2. The summed E-state index contributed by atoms with van der Waals surface area (Å²) in [6, 6.07) is 13.8. The Kier molecular flexibility index (Phi) is 4.38. The minimum absolute atomic E-state index is 0.197. The molecule has 24 heavy (non-hydrogen) atoms. The normalized spacial score (nSPS) is 11.2. The number of aromatic hydroxyl groups is 1. The Morgan fingerprint density at radius 1 is 1.08 bits per heavy atom. The van der Waals surface area contributed by atoms with Crippen LogP contribution in [0.5, 0.6) is 5.75 Å². The smallest absolute Gasteiger partial charge is 0.165 e. The number of hydrogen-bond donors (Lipinski definition) is 1. The number of para-hydroxylation sites is 1. The molecule has 3 rings (SSSR count). The van der Waals surface area contributed by atoms with Crippen molar-refractivity contribution in [2.75, 3.05) is 11.4 Å². The fourth-order valence-corrected chi connectivity index (χ4v) is 2.98. The second kappa shape index (κ2) is 6.48. The van der Waals surface area contributed by atoms with E-state index in [-0.39, 0.29) is 5.75 Å². The fourth-order valence-electron chi connectivity index (χ4n) is 2.98. The molecule has 1 N–H and O–H groups in total. The van der Waals surface area contributed by atoms with Gasteiger partial charge in [-0.1, -0.05) is 18.2 Å². The van der Waals surface area contributed by atoms with Crippen molar-refractivity contribution in [3.8, 4) is 17.1 Å². The molecule has 1 aromatic heterocycles. The lowest BCUT2D eigenvalue weighted by Crippen LogP contribution is -2.31. The average molecular weight is 321 g/mol. The highest BCUT2D eigenvalue weighted by Gasteiger charge is 2.17. The van der Waals surface area contributed by atoms with Crippen LogP contribution in [0.1, 0.15) is 26.3 Å². The summed E-state index contributed by atoms with van der Waals surface area (Å²) in [7, 11) is 0. The summed E-state index contributed by atoms with van der Waals surface area (Å²) in [6.07, 6.45) is 0. The van der Waals surface area contributed by atoms with Gasteiger partial charge in [0.25, 0.3) is 0 Å². The molecule has 0 atom stereocenters. The highest BCUT2D eigenvalue weighted by Crippen LogP contribution is 2.32. The minimum atomic E-state index is 0.197. The molecular formula is C20H23N3O. The van der Waals surface area contributed by atoms with Gasteiger partial charge in [0.1, 0.15) is 11.6 Å². The number of anilines is 1. The minimum Gasteiger partial charge on any atom is -0.507 e. The Balaban J connectivity index is 2.31. The van der Waals surface area contributed by atoms with Gasteiger partial charge < -0.3 is 10.0 Å². The largest absolute Gasteiger partial charge is 0.507 e. The van der Waals surface area contributed by atoms with E-state index in [4.69, 9.17) is 9.97 Å². The molecule has 1 heterocycles. The number of aryl methyl sites for hydroxylation is 1. The van der Waals surface area contributed by atoms with Crippen LogP contribution in [0, 0.1) is 6.92 Å². The van der Waals surface area contributed by atoms with Crippen LogP contribution in [0.4, 0.5) is 5.82 Å². The van der Waals surface area contributed by atoms with Crippen molar-refractivity contribution in [3.05, 3.63) is 48.0 Å². The van der Waals surface area contributed by atoms with Gasteiger partial charge in [0.2, 0.25) is 0 Å². The molecule has 0 aliphatic carbocycles. The quantitative estimate of drug-likeness (QED) is 0.766. The molecule has 0 unspecified atom stereocenters. The number of rotatable bonds is 4. The van der Waals surface area contributed by atoms with Crippen LogP contribution in [0.25, 0.3) is 22.3 Å². The number of fused-ring (bicyclic) bond motifs is 1. The van der Waals surface area contributed by atoms with Gasteiger partial charge in [-0.2, -0.15) is 0 Å². The van der Waals surface area contributed by atoms with Crippen molar-refractivity contribution in [3.63, 3.8) is 0 Å². The predicted octanol–water partition coefficient (Wildman–Crippen LogP) is 4.55. The van der Waals surface area contributed by atoms with Crippen molar-refractivity contribution in [1.82, 2.24) is 9.97 Å². The van der Waals surface area contributed by atoms with Crippen LogP contribution in [-0.2, 0) is 0 Å². The lowest BCUT2D eigenvalue weighted by Gasteiger charge is -2.28. The van der Waals surface area contributed by atoms with E-state index in [1.54, 1.807) is 12.1 Å². The van der Waals surface area contributed by atoms with Gasteiger partial charge >= 0.3 is 0 Å². The first kappa shape index (κ1) is 16.2. The number of nitrogens with zero attached hydrogens (tertiary/aromatic N) is 3. The Labute approximate surface area is 142 Å². The second-order valence-electron chi connectivity index (χ2n) is 6.29. The van der Waals surface area contributed by atoms with Crippen LogP contribution in [0.3, 0.4) is 0 Å². The van der Waals surface area contributed by atoms with E-state index >= 15 is 0 Å². The van der Waals surface area contributed by atoms with Crippen LogP contribution >= 0.6 is 0 Å². The monoisotopic (exact) mass is 321 g/mol. The Bertz CT molecular complexity index is 874. The van der Waals surface area contributed by atoms with E-state index in [1.807, 2.05) is 12.1 Å². The fraction of sp³-hybridized carbons (Fsp3) is 0.300. The van der Waals surface area contributed by atoms with Gasteiger partial charge in [0.05, 0.1) is 11.1 Å². The second-order valence-corrected chi connectivity index (χ2v) is 6.29. The highest BCUT2D eigenvalue weighted by molar-refractivity contribution is 5.92. The average Bonchev–Trinajstić information content (AvgIpc) is 2.55. The van der Waals surface area contributed by atoms with Crippen molar-refractivity contribution in [2.45, 2.75) is 33.7 Å². The maximum Gasteiger partial charge on any atom is 0.165 e. The first-order valence-corrected chi connectivity index (χ1v) is 8.34. The number of benzene rings is 2. The van der Waals surface area contributed by atoms with Gasteiger partial charge in [0.15, 0.2) is 5.82 Å². The predicted molar refractivity (Wildman–Crippen MR) is 99.5 cm³/mol. The summed E-state index contributed by atoms with van der Waals surface area (Å²) in [4.78, 5) is 11.8. The first-order valence-electron chi connectivity index (χ1n) is 8.34. The SMILES string of the molecule is CCN(c1nc(-c2ccccc2O)nc2cc(C)ccc12)C(C)C. The third-order valence-corrected chi connectivity index (χ3v) is 4.21. The number of hydrogen-bond acceptors (Lipinski definition) is 4. The summed E-state index contributed by atoms with van der Waals surface area (Å²) in [5.41, 5.74) is 2.71. The zero-order valence-corrected chi connectivity index (χ0v) is 14.6. The molecule has 0 aliphatic heterocycles. The third kappa shape index (κ3) is 2.92. The Hall–Kier alpha value is -2.62. The summed E-state index contributed by atoms with van der Waals surface area (Å²) in [6.45, 7) is 9.36. The summed E-state index contributed by atoms with van der Waals surface area (Å²) in [5.74, 6) is 1.67. The van der Waals surface area contributed by atoms with Crippen LogP contribution in [0.15, 0.2) is 42.5 Å². The van der Waals surface area contributed by atoms with E-state index in [2.05, 4.69) is 50.8 Å². The number of phenols is 1. The zero-order chi connectivity index (χ0) is 17.3. The standard InChI is InChI=1S/C20H23N3O/c1-5-23(13(2)3)20-15-11-10-14(4)12-17(15)21-19(22-20)16-8-6-7-9-18(16)24/h6-13,24H,5H2,1-4H3. The third-order valence-electron chi connectivity index (χ3n) is 4.21. The molecule has 0 saturated heterocycles. The molecule has 0 spiro atoms. The van der Waals surface area contributed by atoms with E-state index in [1.165, 1.54) is 0 Å². The van der Waals surface area contributed by atoms with Crippen molar-refractivity contribution >= 4 is 16.7 Å². The molecule has 0 amide bonds. The van der Waals surface area contributed by atoms with E-state index < -0.39 is 0 Å². The molecule has 0 saturated carbocycles. The molecule has 2 aromatic carbocycles. The van der Waals surface area contributed by atoms with Crippen LogP contribution in [-0.4, -0.2) is 27.7 Å². The summed E-state index contributed by atoms with van der Waals surface area (Å²) in [5, 5.41) is 11.2. The van der Waals surface area contributed by atoms with Crippen molar-refractivity contribution in [1.29, 1.82) is 0 Å². The molecule has 3 aromatic rings. The lowest BCUT2D eigenvalue weighted by atomic mass is 10.1. The summed E-state index contributed by atoms with van der Waals surface area (Å²) >= 11 is 0. The molecule has 4 heteroatoms. The molecule has 0 bridgehead atoms. The molecule has 0 fully saturated rings. The van der Waals surface area contributed by atoms with Gasteiger partial charge in [-0.05, 0) is 57.5 Å². The molecule has 0 aliphatic rings.